The Morgan fingerprint density at radius 3 is 1.23 bits per heavy atom. The summed E-state index contributed by atoms with van der Waals surface area (Å²) in [5.41, 5.74) is 1.56. The predicted molar refractivity (Wildman–Crippen MR) is 195 cm³/mol. The number of esters is 1. The van der Waals surface area contributed by atoms with Gasteiger partial charge in [0.1, 0.15) is 5.75 Å². The minimum Gasteiger partial charge on any atom is -0.507 e. The first-order valence-electron chi connectivity index (χ1n) is 18.7. The molecule has 7 nitrogen and oxygen atoms in total. The molecule has 276 valence electrons. The number of phenols is 1. The zero-order chi connectivity index (χ0) is 35.8. The van der Waals surface area contributed by atoms with E-state index in [1.165, 1.54) is 89.9 Å². The first kappa shape index (κ1) is 45.3. The van der Waals surface area contributed by atoms with Crippen molar-refractivity contribution in [2.75, 3.05) is 33.0 Å². The molecular weight excluding hydrogens is 592 g/mol. The van der Waals surface area contributed by atoms with E-state index in [-0.39, 0.29) is 16.8 Å². The van der Waals surface area contributed by atoms with Gasteiger partial charge in [0.2, 0.25) is 0 Å². The lowest BCUT2D eigenvalue weighted by atomic mass is 9.78. The number of aliphatic hydroxyl groups is 4. The monoisotopic (exact) mass is 667 g/mol. The van der Waals surface area contributed by atoms with Crippen LogP contribution in [0.1, 0.15) is 174 Å². The molecule has 1 aromatic carbocycles. The van der Waals surface area contributed by atoms with Crippen molar-refractivity contribution in [2.24, 2.45) is 5.41 Å². The Hall–Kier alpha value is -1.67. The number of hydrogen-bond donors (Lipinski definition) is 5. The number of hydrogen-bond acceptors (Lipinski definition) is 7. The van der Waals surface area contributed by atoms with Crippen LogP contribution in [-0.2, 0) is 26.8 Å². The van der Waals surface area contributed by atoms with Crippen molar-refractivity contribution in [1.82, 2.24) is 0 Å². The fourth-order valence-corrected chi connectivity index (χ4v) is 5.44. The lowest BCUT2D eigenvalue weighted by Gasteiger charge is -2.28. The Morgan fingerprint density at radius 2 is 0.936 bits per heavy atom. The molecule has 0 aliphatic carbocycles. The molecule has 0 amide bonds. The maximum atomic E-state index is 12.3. The van der Waals surface area contributed by atoms with Crippen molar-refractivity contribution >= 4 is 5.97 Å². The Balaban J connectivity index is 0.00000204. The molecule has 0 radical (unpaired) electrons. The Labute approximate surface area is 288 Å². The molecule has 0 atom stereocenters. The van der Waals surface area contributed by atoms with Gasteiger partial charge in [-0.15, -0.1) is 0 Å². The first-order chi connectivity index (χ1) is 22.2. The number of rotatable bonds is 24. The van der Waals surface area contributed by atoms with Gasteiger partial charge in [0, 0.05) is 6.42 Å². The average Bonchev–Trinajstić information content (AvgIpc) is 3.02. The van der Waals surface area contributed by atoms with Crippen molar-refractivity contribution in [3.05, 3.63) is 28.8 Å². The van der Waals surface area contributed by atoms with E-state index in [1.807, 2.05) is 0 Å². The van der Waals surface area contributed by atoms with E-state index in [2.05, 4.69) is 60.6 Å². The van der Waals surface area contributed by atoms with Crippen LogP contribution in [0.5, 0.6) is 5.75 Å². The van der Waals surface area contributed by atoms with Gasteiger partial charge in [-0.2, -0.15) is 0 Å². The highest BCUT2D eigenvalue weighted by molar-refractivity contribution is 5.69. The molecule has 7 heteroatoms. The smallest absolute Gasteiger partial charge is 0.306 e. The summed E-state index contributed by atoms with van der Waals surface area (Å²) in [6, 6.07) is 4.13. The summed E-state index contributed by atoms with van der Waals surface area (Å²) in [6.45, 7) is 13.9. The number of phenolic OH excluding ortho intramolecular Hbond substituents is 1. The van der Waals surface area contributed by atoms with Crippen molar-refractivity contribution in [3.8, 4) is 5.75 Å². The Kier molecular flexibility index (Phi) is 24.4. The number of aryl methyl sites for hydroxylation is 1. The quantitative estimate of drug-likeness (QED) is 0.0552. The molecule has 47 heavy (non-hydrogen) atoms. The standard InChI is InChI=1S/C35H62O3.C5H12O4/c1-8-9-10-11-12-13-14-15-16-17-18-19-20-21-22-23-26-38-32(36)25-24-29-27-30(34(2,3)4)33(37)31(28-29)35(5,6)7;6-1-5(2-7,3-8)4-9/h27-28,37H,8-26H2,1-7H3;6-9H,1-4H2. The summed E-state index contributed by atoms with van der Waals surface area (Å²) >= 11 is 0. The zero-order valence-corrected chi connectivity index (χ0v) is 31.5. The molecule has 0 saturated carbocycles. The molecule has 0 bridgehead atoms. The molecule has 0 aromatic heterocycles. The van der Waals surface area contributed by atoms with E-state index < -0.39 is 31.8 Å². The molecule has 0 spiro atoms. The van der Waals surface area contributed by atoms with Gasteiger partial charge in [0.15, 0.2) is 0 Å². The van der Waals surface area contributed by atoms with Crippen LogP contribution >= 0.6 is 0 Å². The van der Waals surface area contributed by atoms with Crippen LogP contribution in [0.15, 0.2) is 12.1 Å². The summed E-state index contributed by atoms with van der Waals surface area (Å²) in [6.07, 6.45) is 22.5. The summed E-state index contributed by atoms with van der Waals surface area (Å²) in [7, 11) is 0. The van der Waals surface area contributed by atoms with Crippen molar-refractivity contribution in [3.63, 3.8) is 0 Å². The van der Waals surface area contributed by atoms with Gasteiger partial charge in [-0.1, -0.05) is 157 Å². The second-order valence-electron chi connectivity index (χ2n) is 15.7. The fourth-order valence-electron chi connectivity index (χ4n) is 5.44. The average molecular weight is 667 g/mol. The molecular formula is C40H74O7. The summed E-state index contributed by atoms with van der Waals surface area (Å²) in [5, 5.41) is 44.9. The number of unbranched alkanes of at least 4 members (excludes halogenated alkanes) is 15. The minimum absolute atomic E-state index is 0.117. The number of benzene rings is 1. The fraction of sp³-hybridized carbons (Fsp3) is 0.825. The SMILES string of the molecule is CCCCCCCCCCCCCCCCCCOC(=O)CCc1cc(C(C)(C)C)c(O)c(C(C)(C)C)c1.OCC(CO)(CO)CO. The van der Waals surface area contributed by atoms with Gasteiger partial charge >= 0.3 is 5.97 Å². The largest absolute Gasteiger partial charge is 0.507 e. The third kappa shape index (κ3) is 20.4. The third-order valence-electron chi connectivity index (χ3n) is 9.01. The van der Waals surface area contributed by atoms with Gasteiger partial charge < -0.3 is 30.3 Å². The van der Waals surface area contributed by atoms with Crippen molar-refractivity contribution < 1.29 is 35.1 Å². The Bertz CT molecular complexity index is 873. The first-order valence-corrected chi connectivity index (χ1v) is 18.7. The second kappa shape index (κ2) is 25.3. The number of ether oxygens (including phenoxy) is 1. The topological polar surface area (TPSA) is 127 Å². The molecule has 1 rings (SSSR count). The van der Waals surface area contributed by atoms with Gasteiger partial charge in [-0.25, -0.2) is 0 Å². The maximum absolute atomic E-state index is 12.3. The zero-order valence-electron chi connectivity index (χ0n) is 31.5. The summed E-state index contributed by atoms with van der Waals surface area (Å²) in [5.74, 6) is 0.272. The van der Waals surface area contributed by atoms with E-state index in [4.69, 9.17) is 25.2 Å². The van der Waals surface area contributed by atoms with E-state index in [0.717, 1.165) is 29.5 Å². The van der Waals surface area contributed by atoms with E-state index in [9.17, 15) is 9.90 Å². The predicted octanol–water partition coefficient (Wildman–Crippen LogP) is 8.67. The van der Waals surface area contributed by atoms with Gasteiger partial charge in [-0.05, 0) is 40.4 Å². The van der Waals surface area contributed by atoms with Crippen LogP contribution in [0.4, 0.5) is 0 Å². The van der Waals surface area contributed by atoms with Crippen LogP contribution in [0.3, 0.4) is 0 Å². The lowest BCUT2D eigenvalue weighted by Crippen LogP contribution is -2.37. The third-order valence-corrected chi connectivity index (χ3v) is 9.01. The maximum Gasteiger partial charge on any atom is 0.306 e. The van der Waals surface area contributed by atoms with Crippen LogP contribution in [0.2, 0.25) is 0 Å². The number of carbonyl (C=O) groups excluding carboxylic acids is 1. The van der Waals surface area contributed by atoms with Gasteiger partial charge in [-0.3, -0.25) is 4.79 Å². The molecule has 1 aromatic rings. The molecule has 5 N–H and O–H groups in total. The highest BCUT2D eigenvalue weighted by Gasteiger charge is 2.27. The van der Waals surface area contributed by atoms with Crippen molar-refractivity contribution in [1.29, 1.82) is 0 Å². The summed E-state index contributed by atoms with van der Waals surface area (Å²) < 4.78 is 5.51. The molecule has 0 aliphatic heterocycles. The normalized spacial score (nSPS) is 12.1. The van der Waals surface area contributed by atoms with Crippen LogP contribution in [0, 0.1) is 5.41 Å². The summed E-state index contributed by atoms with van der Waals surface area (Å²) in [4.78, 5) is 12.3. The second-order valence-corrected chi connectivity index (χ2v) is 15.7. The molecule has 0 unspecified atom stereocenters. The molecule has 0 aliphatic rings. The number of carbonyl (C=O) groups is 1. The van der Waals surface area contributed by atoms with E-state index in [0.29, 0.717) is 25.2 Å². The highest BCUT2D eigenvalue weighted by atomic mass is 16.5. The molecule has 0 saturated heterocycles. The number of aromatic hydroxyl groups is 1. The van der Waals surface area contributed by atoms with Crippen LogP contribution in [-0.4, -0.2) is 64.5 Å². The minimum atomic E-state index is -1.11. The van der Waals surface area contributed by atoms with E-state index in [1.54, 1.807) is 0 Å². The Morgan fingerprint density at radius 1 is 0.596 bits per heavy atom. The van der Waals surface area contributed by atoms with Gasteiger partial charge in [0.05, 0.1) is 38.4 Å². The van der Waals surface area contributed by atoms with Crippen molar-refractivity contribution in [2.45, 2.75) is 175 Å². The number of aliphatic hydroxyl groups excluding tert-OH is 4. The van der Waals surface area contributed by atoms with Gasteiger partial charge in [0.25, 0.3) is 0 Å². The van der Waals surface area contributed by atoms with E-state index >= 15 is 0 Å². The van der Waals surface area contributed by atoms with Crippen LogP contribution in [0.25, 0.3) is 0 Å². The lowest BCUT2D eigenvalue weighted by molar-refractivity contribution is -0.143. The molecule has 0 fully saturated rings. The molecule has 0 heterocycles. The highest BCUT2D eigenvalue weighted by Crippen LogP contribution is 2.40. The van der Waals surface area contributed by atoms with Crippen LogP contribution < -0.4 is 0 Å².